The zero-order chi connectivity index (χ0) is 25.8. The van der Waals surface area contributed by atoms with Crippen LogP contribution in [0.2, 0.25) is 0 Å². The fourth-order valence-corrected chi connectivity index (χ4v) is 3.79. The molecule has 192 valence electrons. The van der Waals surface area contributed by atoms with E-state index in [1.807, 2.05) is 18.2 Å². The Hall–Kier alpha value is -4.08. The second-order valence-electron chi connectivity index (χ2n) is 8.41. The van der Waals surface area contributed by atoms with Gasteiger partial charge in [0.2, 0.25) is 5.91 Å². The lowest BCUT2D eigenvalue weighted by Gasteiger charge is -2.31. The van der Waals surface area contributed by atoms with Gasteiger partial charge in [-0.15, -0.1) is 0 Å². The molecular weight excluding hydrogens is 462 g/mol. The SMILES string of the molecule is CCOC(=O)N1CCC(NC(=O)CCCNC(=O)c2ccc(NC(=O)Nc3ccccc3)cc2)CC1. The zero-order valence-corrected chi connectivity index (χ0v) is 20.4. The van der Waals surface area contributed by atoms with E-state index >= 15 is 0 Å². The highest BCUT2D eigenvalue weighted by molar-refractivity contribution is 6.00. The number of carbonyl (C=O) groups is 4. The lowest BCUT2D eigenvalue weighted by atomic mass is 10.1. The van der Waals surface area contributed by atoms with Crippen LogP contribution >= 0.6 is 0 Å². The summed E-state index contributed by atoms with van der Waals surface area (Å²) in [5, 5.41) is 11.2. The molecule has 0 bridgehead atoms. The van der Waals surface area contributed by atoms with Crippen molar-refractivity contribution in [3.63, 3.8) is 0 Å². The Morgan fingerprint density at radius 3 is 2.19 bits per heavy atom. The third-order valence-corrected chi connectivity index (χ3v) is 5.69. The lowest BCUT2D eigenvalue weighted by molar-refractivity contribution is -0.122. The summed E-state index contributed by atoms with van der Waals surface area (Å²) < 4.78 is 5.00. The second-order valence-corrected chi connectivity index (χ2v) is 8.41. The third kappa shape index (κ3) is 8.61. The van der Waals surface area contributed by atoms with Gasteiger partial charge in [-0.25, -0.2) is 9.59 Å². The molecule has 0 unspecified atom stereocenters. The summed E-state index contributed by atoms with van der Waals surface area (Å²) >= 11 is 0. The molecule has 0 atom stereocenters. The highest BCUT2D eigenvalue weighted by atomic mass is 16.6. The van der Waals surface area contributed by atoms with Crippen LogP contribution < -0.4 is 21.3 Å². The Morgan fingerprint density at radius 1 is 0.917 bits per heavy atom. The average molecular weight is 496 g/mol. The van der Waals surface area contributed by atoms with E-state index in [1.165, 1.54) is 0 Å². The summed E-state index contributed by atoms with van der Waals surface area (Å²) in [6.45, 7) is 3.62. The molecule has 1 saturated heterocycles. The first-order chi connectivity index (χ1) is 17.4. The standard InChI is InChI=1S/C26H33N5O5/c1-2-36-26(35)31-17-14-22(15-18-31)28-23(32)9-6-16-27-24(33)19-10-12-21(13-11-19)30-25(34)29-20-7-4-3-5-8-20/h3-5,7-8,10-13,22H,2,6,9,14-18H2,1H3,(H,27,33)(H,28,32)(H2,29,30,34). The molecule has 1 heterocycles. The van der Waals surface area contributed by atoms with Crippen LogP contribution in [-0.2, 0) is 9.53 Å². The van der Waals surface area contributed by atoms with Crippen molar-refractivity contribution in [3.8, 4) is 0 Å². The molecule has 1 aliphatic heterocycles. The first-order valence-electron chi connectivity index (χ1n) is 12.2. The number of amides is 5. The van der Waals surface area contributed by atoms with E-state index in [9.17, 15) is 19.2 Å². The molecular formula is C26H33N5O5. The molecule has 10 heteroatoms. The average Bonchev–Trinajstić information content (AvgIpc) is 2.88. The summed E-state index contributed by atoms with van der Waals surface area (Å²) in [5.41, 5.74) is 1.70. The van der Waals surface area contributed by atoms with Crippen molar-refractivity contribution in [3.05, 3.63) is 60.2 Å². The Kier molecular flexibility index (Phi) is 10.1. The number of hydrogen-bond donors (Lipinski definition) is 4. The van der Waals surface area contributed by atoms with Crippen molar-refractivity contribution in [1.82, 2.24) is 15.5 Å². The van der Waals surface area contributed by atoms with Crippen LogP contribution in [0.1, 0.15) is 43.0 Å². The molecule has 0 aliphatic carbocycles. The van der Waals surface area contributed by atoms with Crippen LogP contribution in [-0.4, -0.2) is 61.1 Å². The molecule has 5 amide bonds. The summed E-state index contributed by atoms with van der Waals surface area (Å²) in [6, 6.07) is 15.3. The fraction of sp³-hybridized carbons (Fsp3) is 0.385. The van der Waals surface area contributed by atoms with Crippen molar-refractivity contribution < 1.29 is 23.9 Å². The molecule has 1 fully saturated rings. The van der Waals surface area contributed by atoms with Crippen molar-refractivity contribution in [2.24, 2.45) is 0 Å². The smallest absolute Gasteiger partial charge is 0.409 e. The summed E-state index contributed by atoms with van der Waals surface area (Å²) in [7, 11) is 0. The Labute approximate surface area is 210 Å². The summed E-state index contributed by atoms with van der Waals surface area (Å²) in [5.74, 6) is -0.315. The quantitative estimate of drug-likeness (QED) is 0.395. The molecule has 10 nitrogen and oxygen atoms in total. The molecule has 36 heavy (non-hydrogen) atoms. The number of rotatable bonds is 9. The Balaban J connectivity index is 1.30. The highest BCUT2D eigenvalue weighted by Crippen LogP contribution is 2.13. The molecule has 0 spiro atoms. The van der Waals surface area contributed by atoms with Crippen LogP contribution in [0.3, 0.4) is 0 Å². The van der Waals surface area contributed by atoms with E-state index in [0.29, 0.717) is 68.9 Å². The fourth-order valence-electron chi connectivity index (χ4n) is 3.79. The van der Waals surface area contributed by atoms with Gasteiger partial charge >= 0.3 is 12.1 Å². The number of hydrogen-bond acceptors (Lipinski definition) is 5. The van der Waals surface area contributed by atoms with Gasteiger partial charge in [0.1, 0.15) is 0 Å². The summed E-state index contributed by atoms with van der Waals surface area (Å²) in [4.78, 5) is 50.0. The van der Waals surface area contributed by atoms with Crippen LogP contribution in [0.5, 0.6) is 0 Å². The van der Waals surface area contributed by atoms with E-state index in [4.69, 9.17) is 4.74 Å². The number of carbonyl (C=O) groups excluding carboxylic acids is 4. The molecule has 0 saturated carbocycles. The maximum absolute atomic E-state index is 12.4. The van der Waals surface area contributed by atoms with Crippen molar-refractivity contribution in [2.75, 3.05) is 36.9 Å². The van der Waals surface area contributed by atoms with E-state index < -0.39 is 0 Å². The van der Waals surface area contributed by atoms with Crippen LogP contribution in [0, 0.1) is 0 Å². The molecule has 1 aliphatic rings. The Bertz CT molecular complexity index is 1020. The number of piperidine rings is 1. The van der Waals surface area contributed by atoms with Gasteiger partial charge in [0, 0.05) is 49.0 Å². The van der Waals surface area contributed by atoms with Gasteiger partial charge in [-0.2, -0.15) is 0 Å². The first kappa shape index (κ1) is 26.5. The topological polar surface area (TPSA) is 129 Å². The predicted molar refractivity (Wildman–Crippen MR) is 137 cm³/mol. The van der Waals surface area contributed by atoms with E-state index in [-0.39, 0.29) is 30.0 Å². The number of likely N-dealkylation sites (tertiary alicyclic amines) is 1. The molecule has 4 N–H and O–H groups in total. The third-order valence-electron chi connectivity index (χ3n) is 5.69. The minimum absolute atomic E-state index is 0.0414. The van der Waals surface area contributed by atoms with Crippen LogP contribution in [0.4, 0.5) is 21.0 Å². The van der Waals surface area contributed by atoms with Gasteiger partial charge in [-0.3, -0.25) is 9.59 Å². The molecule has 3 rings (SSSR count). The van der Waals surface area contributed by atoms with Gasteiger partial charge in [-0.05, 0) is 62.6 Å². The van der Waals surface area contributed by atoms with Gasteiger partial charge in [0.15, 0.2) is 0 Å². The number of ether oxygens (including phenoxy) is 1. The van der Waals surface area contributed by atoms with Gasteiger partial charge in [0.25, 0.3) is 5.91 Å². The lowest BCUT2D eigenvalue weighted by Crippen LogP contribution is -2.46. The van der Waals surface area contributed by atoms with Gasteiger partial charge in [0.05, 0.1) is 6.61 Å². The summed E-state index contributed by atoms with van der Waals surface area (Å²) in [6.07, 6.45) is 1.90. The minimum Gasteiger partial charge on any atom is -0.450 e. The first-order valence-corrected chi connectivity index (χ1v) is 12.2. The Morgan fingerprint density at radius 2 is 1.56 bits per heavy atom. The number of urea groups is 1. The van der Waals surface area contributed by atoms with Crippen LogP contribution in [0.25, 0.3) is 0 Å². The number of para-hydroxylation sites is 1. The maximum atomic E-state index is 12.4. The van der Waals surface area contributed by atoms with Crippen LogP contribution in [0.15, 0.2) is 54.6 Å². The predicted octanol–water partition coefficient (Wildman–Crippen LogP) is 3.58. The molecule has 2 aromatic carbocycles. The number of nitrogens with zero attached hydrogens (tertiary/aromatic N) is 1. The second kappa shape index (κ2) is 13.7. The zero-order valence-electron chi connectivity index (χ0n) is 20.4. The van der Waals surface area contributed by atoms with E-state index in [1.54, 1.807) is 48.2 Å². The minimum atomic E-state index is -0.374. The normalized spacial score (nSPS) is 13.4. The highest BCUT2D eigenvalue weighted by Gasteiger charge is 2.24. The van der Waals surface area contributed by atoms with Crippen molar-refractivity contribution >= 4 is 35.3 Å². The van der Waals surface area contributed by atoms with E-state index in [2.05, 4.69) is 21.3 Å². The number of anilines is 2. The number of benzene rings is 2. The largest absolute Gasteiger partial charge is 0.450 e. The van der Waals surface area contributed by atoms with Crippen molar-refractivity contribution in [1.29, 1.82) is 0 Å². The maximum Gasteiger partial charge on any atom is 0.409 e. The van der Waals surface area contributed by atoms with Gasteiger partial charge in [-0.1, -0.05) is 18.2 Å². The molecule has 0 aromatic heterocycles. The monoisotopic (exact) mass is 495 g/mol. The molecule has 0 radical (unpaired) electrons. The van der Waals surface area contributed by atoms with Gasteiger partial charge < -0.3 is 30.9 Å². The van der Waals surface area contributed by atoms with Crippen molar-refractivity contribution in [2.45, 2.75) is 38.6 Å². The van der Waals surface area contributed by atoms with E-state index in [0.717, 1.165) is 0 Å². The number of nitrogens with one attached hydrogen (secondary N) is 4. The molecule has 2 aromatic rings.